The van der Waals surface area contributed by atoms with Gasteiger partial charge in [-0.25, -0.2) is 4.98 Å². The van der Waals surface area contributed by atoms with Crippen LogP contribution in [0.15, 0.2) is 60.7 Å². The van der Waals surface area contributed by atoms with Gasteiger partial charge in [0.05, 0.1) is 5.69 Å². The van der Waals surface area contributed by atoms with Gasteiger partial charge in [0.25, 0.3) is 5.91 Å². The molecule has 0 bridgehead atoms. The fourth-order valence-electron chi connectivity index (χ4n) is 4.10. The number of rotatable bonds is 4. The molecule has 162 valence electrons. The number of thiophene rings is 1. The summed E-state index contributed by atoms with van der Waals surface area (Å²) in [7, 11) is 0. The highest BCUT2D eigenvalue weighted by molar-refractivity contribution is 7.21. The summed E-state index contributed by atoms with van der Waals surface area (Å²) in [5.41, 5.74) is 10.0. The van der Waals surface area contributed by atoms with E-state index < -0.39 is 0 Å². The van der Waals surface area contributed by atoms with Crippen molar-refractivity contribution in [3.05, 3.63) is 76.8 Å². The number of fused-ring (bicyclic) bond motifs is 2. The Bertz CT molecular complexity index is 1250. The number of hydrogen-bond acceptors (Lipinski definition) is 5. The first-order chi connectivity index (χ1) is 15.7. The Morgan fingerprint density at radius 1 is 0.938 bits per heavy atom. The molecule has 5 rings (SSSR count). The second-order valence-electron chi connectivity index (χ2n) is 8.10. The number of nitrogens with zero attached hydrogens (tertiary/aromatic N) is 1. The van der Waals surface area contributed by atoms with Gasteiger partial charge in [-0.1, -0.05) is 31.0 Å². The number of aromatic nitrogens is 1. The Labute approximate surface area is 191 Å². The van der Waals surface area contributed by atoms with Crippen LogP contribution in [0, 0.1) is 0 Å². The number of pyridine rings is 1. The third-order valence-corrected chi connectivity index (χ3v) is 6.91. The maximum Gasteiger partial charge on any atom is 0.267 e. The predicted molar refractivity (Wildman–Crippen MR) is 131 cm³/mol. The lowest BCUT2D eigenvalue weighted by Crippen LogP contribution is -2.11. The van der Waals surface area contributed by atoms with Crippen LogP contribution in [-0.2, 0) is 12.8 Å². The van der Waals surface area contributed by atoms with Crippen molar-refractivity contribution < 1.29 is 9.53 Å². The molecule has 0 atom stereocenters. The first-order valence-corrected chi connectivity index (χ1v) is 11.8. The average Bonchev–Trinajstić information content (AvgIpc) is 3.11. The standard InChI is InChI=1S/C26H25N3O2S/c27-23-21-16-17-8-4-1-2-7-11-22(17)29-26(21)32-24(23)25(30)28-18-12-14-20(15-13-18)31-19-9-5-3-6-10-19/h3,5-6,9-10,12-16H,1-2,4,7-8,11,27H2,(H,28,30). The molecule has 0 saturated heterocycles. The zero-order valence-corrected chi connectivity index (χ0v) is 18.6. The monoisotopic (exact) mass is 443 g/mol. The molecule has 0 radical (unpaired) electrons. The molecule has 1 amide bonds. The molecule has 5 nitrogen and oxygen atoms in total. The van der Waals surface area contributed by atoms with Crippen molar-refractivity contribution in [1.29, 1.82) is 0 Å². The lowest BCUT2D eigenvalue weighted by atomic mass is 9.96. The highest BCUT2D eigenvalue weighted by Gasteiger charge is 2.20. The smallest absolute Gasteiger partial charge is 0.267 e. The van der Waals surface area contributed by atoms with E-state index in [1.807, 2.05) is 54.6 Å². The number of amides is 1. The molecule has 0 fully saturated rings. The molecule has 0 saturated carbocycles. The molecule has 2 aromatic heterocycles. The van der Waals surface area contributed by atoms with Gasteiger partial charge in [-0.2, -0.15) is 0 Å². The molecule has 1 aliphatic carbocycles. The van der Waals surface area contributed by atoms with Gasteiger partial charge in [-0.3, -0.25) is 4.79 Å². The normalized spacial score (nSPS) is 13.8. The van der Waals surface area contributed by atoms with Crippen molar-refractivity contribution >= 4 is 38.8 Å². The third-order valence-electron chi connectivity index (χ3n) is 5.80. The van der Waals surface area contributed by atoms with E-state index in [2.05, 4.69) is 11.4 Å². The molecule has 3 N–H and O–H groups in total. The van der Waals surface area contributed by atoms with E-state index in [-0.39, 0.29) is 5.91 Å². The first kappa shape index (κ1) is 20.5. The Balaban J connectivity index is 1.34. The van der Waals surface area contributed by atoms with Gasteiger partial charge in [0.1, 0.15) is 21.2 Å². The molecule has 4 aromatic rings. The second-order valence-corrected chi connectivity index (χ2v) is 9.10. The van der Waals surface area contributed by atoms with E-state index in [0.29, 0.717) is 22.0 Å². The van der Waals surface area contributed by atoms with Crippen LogP contribution in [0.2, 0.25) is 0 Å². The highest BCUT2D eigenvalue weighted by Crippen LogP contribution is 2.35. The summed E-state index contributed by atoms with van der Waals surface area (Å²) >= 11 is 1.37. The van der Waals surface area contributed by atoms with Gasteiger partial charge in [0.15, 0.2) is 0 Å². The first-order valence-electron chi connectivity index (χ1n) is 11.0. The quantitative estimate of drug-likeness (QED) is 0.373. The van der Waals surface area contributed by atoms with Crippen LogP contribution in [0.25, 0.3) is 10.2 Å². The largest absolute Gasteiger partial charge is 0.457 e. The van der Waals surface area contributed by atoms with E-state index in [1.165, 1.54) is 48.3 Å². The fraction of sp³-hybridized carbons (Fsp3) is 0.231. The van der Waals surface area contributed by atoms with E-state index in [4.69, 9.17) is 15.5 Å². The number of nitrogens with two attached hydrogens (primary N) is 1. The van der Waals surface area contributed by atoms with Crippen molar-refractivity contribution in [3.63, 3.8) is 0 Å². The summed E-state index contributed by atoms with van der Waals surface area (Å²) in [6.45, 7) is 0. The Hall–Kier alpha value is -3.38. The molecule has 32 heavy (non-hydrogen) atoms. The zero-order valence-electron chi connectivity index (χ0n) is 17.8. The summed E-state index contributed by atoms with van der Waals surface area (Å²) in [5.74, 6) is 1.26. The SMILES string of the molecule is Nc1c(C(=O)Nc2ccc(Oc3ccccc3)cc2)sc2nc3c(cc12)CCCCCC3. The topological polar surface area (TPSA) is 77.2 Å². The number of carbonyl (C=O) groups is 1. The van der Waals surface area contributed by atoms with Gasteiger partial charge in [-0.05, 0) is 73.7 Å². The molecular weight excluding hydrogens is 418 g/mol. The maximum absolute atomic E-state index is 13.0. The van der Waals surface area contributed by atoms with Crippen LogP contribution in [-0.4, -0.2) is 10.9 Å². The van der Waals surface area contributed by atoms with Crippen molar-refractivity contribution in [2.24, 2.45) is 0 Å². The van der Waals surface area contributed by atoms with E-state index in [9.17, 15) is 4.79 Å². The number of benzene rings is 2. The second kappa shape index (κ2) is 9.01. The molecule has 0 spiro atoms. The average molecular weight is 444 g/mol. The number of aryl methyl sites for hydroxylation is 2. The number of ether oxygens (including phenoxy) is 1. The lowest BCUT2D eigenvalue weighted by molar-refractivity contribution is 0.103. The Morgan fingerprint density at radius 3 is 2.44 bits per heavy atom. The van der Waals surface area contributed by atoms with Crippen molar-refractivity contribution in [1.82, 2.24) is 4.98 Å². The van der Waals surface area contributed by atoms with Crippen LogP contribution in [0.1, 0.15) is 46.6 Å². The van der Waals surface area contributed by atoms with E-state index in [1.54, 1.807) is 0 Å². The minimum Gasteiger partial charge on any atom is -0.457 e. The highest BCUT2D eigenvalue weighted by atomic mass is 32.1. The molecule has 2 heterocycles. The fourth-order valence-corrected chi connectivity index (χ4v) is 5.09. The van der Waals surface area contributed by atoms with Gasteiger partial charge >= 0.3 is 0 Å². The number of nitrogens with one attached hydrogen (secondary N) is 1. The van der Waals surface area contributed by atoms with Gasteiger partial charge in [0.2, 0.25) is 0 Å². The van der Waals surface area contributed by atoms with Gasteiger partial charge in [0, 0.05) is 16.8 Å². The molecule has 1 aliphatic rings. The lowest BCUT2D eigenvalue weighted by Gasteiger charge is -2.12. The van der Waals surface area contributed by atoms with Crippen molar-refractivity contribution in [2.45, 2.75) is 38.5 Å². The van der Waals surface area contributed by atoms with Crippen LogP contribution >= 0.6 is 11.3 Å². The van der Waals surface area contributed by atoms with Crippen LogP contribution in [0.3, 0.4) is 0 Å². The molecular formula is C26H25N3O2S. The molecule has 2 aromatic carbocycles. The van der Waals surface area contributed by atoms with Crippen LogP contribution in [0.4, 0.5) is 11.4 Å². The molecule has 6 heteroatoms. The molecule has 0 aliphatic heterocycles. The third kappa shape index (κ3) is 4.32. The van der Waals surface area contributed by atoms with Crippen molar-refractivity contribution in [2.75, 3.05) is 11.1 Å². The van der Waals surface area contributed by atoms with Crippen molar-refractivity contribution in [3.8, 4) is 11.5 Å². The van der Waals surface area contributed by atoms with E-state index in [0.717, 1.165) is 28.8 Å². The predicted octanol–water partition coefficient (Wildman–Crippen LogP) is 6.58. The maximum atomic E-state index is 13.0. The van der Waals surface area contributed by atoms with Crippen LogP contribution < -0.4 is 15.8 Å². The molecule has 0 unspecified atom stereocenters. The number of nitrogen functional groups attached to an aromatic ring is 1. The minimum atomic E-state index is -0.213. The summed E-state index contributed by atoms with van der Waals surface area (Å²) in [6.07, 6.45) is 6.91. The zero-order chi connectivity index (χ0) is 21.9. The van der Waals surface area contributed by atoms with Gasteiger partial charge in [-0.15, -0.1) is 11.3 Å². The summed E-state index contributed by atoms with van der Waals surface area (Å²) in [4.78, 5) is 19.2. The van der Waals surface area contributed by atoms with E-state index >= 15 is 0 Å². The Morgan fingerprint density at radius 2 is 1.66 bits per heavy atom. The number of carbonyl (C=O) groups excluding carboxylic acids is 1. The number of para-hydroxylation sites is 1. The Kier molecular flexibility index (Phi) is 5.77. The number of hydrogen-bond donors (Lipinski definition) is 2. The van der Waals surface area contributed by atoms with Gasteiger partial charge < -0.3 is 15.8 Å². The minimum absolute atomic E-state index is 0.213. The summed E-state index contributed by atoms with van der Waals surface area (Å²) < 4.78 is 5.81. The summed E-state index contributed by atoms with van der Waals surface area (Å²) in [6, 6.07) is 19.1. The number of anilines is 2. The van der Waals surface area contributed by atoms with Crippen LogP contribution in [0.5, 0.6) is 11.5 Å². The summed E-state index contributed by atoms with van der Waals surface area (Å²) in [5, 5.41) is 3.84.